The minimum Gasteiger partial charge on any atom is -0.324 e. The summed E-state index contributed by atoms with van der Waals surface area (Å²) in [4.78, 5) is 19.2. The van der Waals surface area contributed by atoms with Gasteiger partial charge in [-0.1, -0.05) is 18.2 Å². The van der Waals surface area contributed by atoms with Crippen LogP contribution in [-0.4, -0.2) is 33.4 Å². The van der Waals surface area contributed by atoms with E-state index < -0.39 is 5.82 Å². The Balaban J connectivity index is 1.30. The zero-order valence-corrected chi connectivity index (χ0v) is 17.0. The molecule has 1 aliphatic rings. The number of amides is 1. The van der Waals surface area contributed by atoms with E-state index in [0.29, 0.717) is 12.3 Å². The standard InChI is InChI=1S/C24H27FN4O/c25-21-9-1-2-10-22(21)27-24(30)13-12-19-7-5-15-28(17-19)18-20-8-6-16-29(20)23-11-3-4-14-26-23/h1-4,6,8-11,14,16,19H,5,7,12-13,15,17-18H2,(H,27,30)/t19-/m1/s1. The van der Waals surface area contributed by atoms with Crippen LogP contribution in [0.1, 0.15) is 31.4 Å². The van der Waals surface area contributed by atoms with Crippen LogP contribution in [0.4, 0.5) is 10.1 Å². The van der Waals surface area contributed by atoms with Crippen LogP contribution in [0.25, 0.3) is 5.82 Å². The fourth-order valence-electron chi connectivity index (χ4n) is 4.13. The number of nitrogens with zero attached hydrogens (tertiary/aromatic N) is 3. The summed E-state index contributed by atoms with van der Waals surface area (Å²) in [5.41, 5.74) is 1.47. The Kier molecular flexibility index (Phi) is 6.54. The number of carbonyl (C=O) groups excluding carboxylic acids is 1. The van der Waals surface area contributed by atoms with Crippen LogP contribution in [0.5, 0.6) is 0 Å². The summed E-state index contributed by atoms with van der Waals surface area (Å²) in [6, 6.07) is 16.4. The summed E-state index contributed by atoms with van der Waals surface area (Å²) in [5.74, 6) is 0.881. The van der Waals surface area contributed by atoms with Gasteiger partial charge < -0.3 is 9.88 Å². The molecule has 0 radical (unpaired) electrons. The quantitative estimate of drug-likeness (QED) is 0.622. The molecule has 1 saturated heterocycles. The molecule has 2 aromatic heterocycles. The molecule has 4 rings (SSSR count). The van der Waals surface area contributed by atoms with Gasteiger partial charge in [0.1, 0.15) is 11.6 Å². The van der Waals surface area contributed by atoms with Crippen LogP contribution >= 0.6 is 0 Å². The Labute approximate surface area is 176 Å². The average molecular weight is 407 g/mol. The van der Waals surface area contributed by atoms with Crippen molar-refractivity contribution >= 4 is 11.6 Å². The van der Waals surface area contributed by atoms with Crippen LogP contribution in [-0.2, 0) is 11.3 Å². The van der Waals surface area contributed by atoms with Gasteiger partial charge in [-0.15, -0.1) is 0 Å². The molecule has 6 heteroatoms. The van der Waals surface area contributed by atoms with E-state index in [4.69, 9.17) is 0 Å². The van der Waals surface area contributed by atoms with Crippen molar-refractivity contribution in [1.29, 1.82) is 0 Å². The van der Waals surface area contributed by atoms with E-state index >= 15 is 0 Å². The van der Waals surface area contributed by atoms with Crippen molar-refractivity contribution in [2.24, 2.45) is 5.92 Å². The Hall–Kier alpha value is -2.99. The first kappa shape index (κ1) is 20.3. The molecule has 5 nitrogen and oxygen atoms in total. The van der Waals surface area contributed by atoms with E-state index in [-0.39, 0.29) is 11.6 Å². The van der Waals surface area contributed by atoms with Crippen molar-refractivity contribution in [1.82, 2.24) is 14.5 Å². The lowest BCUT2D eigenvalue weighted by Gasteiger charge is -2.32. The molecular formula is C24H27FN4O. The van der Waals surface area contributed by atoms with E-state index in [1.165, 1.54) is 11.8 Å². The van der Waals surface area contributed by atoms with Gasteiger partial charge in [-0.3, -0.25) is 9.69 Å². The van der Waals surface area contributed by atoms with E-state index in [1.807, 2.05) is 30.6 Å². The van der Waals surface area contributed by atoms with E-state index in [1.54, 1.807) is 18.2 Å². The second kappa shape index (κ2) is 9.67. The van der Waals surface area contributed by atoms with Crippen LogP contribution in [0.3, 0.4) is 0 Å². The van der Waals surface area contributed by atoms with E-state index in [0.717, 1.165) is 44.7 Å². The third-order valence-electron chi connectivity index (χ3n) is 5.65. The maximum Gasteiger partial charge on any atom is 0.224 e. The Morgan fingerprint density at radius 3 is 2.83 bits per heavy atom. The molecule has 1 N–H and O–H groups in total. The van der Waals surface area contributed by atoms with Crippen molar-refractivity contribution in [3.8, 4) is 5.82 Å². The molecule has 3 heterocycles. The smallest absolute Gasteiger partial charge is 0.224 e. The summed E-state index contributed by atoms with van der Waals surface area (Å²) in [6.07, 6.45) is 7.35. The van der Waals surface area contributed by atoms with Crippen LogP contribution < -0.4 is 5.32 Å². The lowest BCUT2D eigenvalue weighted by Crippen LogP contribution is -2.35. The van der Waals surface area contributed by atoms with Crippen molar-refractivity contribution in [2.45, 2.75) is 32.2 Å². The minimum absolute atomic E-state index is 0.124. The zero-order valence-electron chi connectivity index (χ0n) is 17.0. The summed E-state index contributed by atoms with van der Waals surface area (Å²) in [7, 11) is 0. The summed E-state index contributed by atoms with van der Waals surface area (Å²) in [6.45, 7) is 2.90. The molecule has 3 aromatic rings. The molecular weight excluding hydrogens is 379 g/mol. The van der Waals surface area contributed by atoms with Gasteiger partial charge >= 0.3 is 0 Å². The van der Waals surface area contributed by atoms with Gasteiger partial charge in [-0.25, -0.2) is 9.37 Å². The average Bonchev–Trinajstić information content (AvgIpc) is 3.23. The van der Waals surface area contributed by atoms with Gasteiger partial charge in [0.2, 0.25) is 5.91 Å². The summed E-state index contributed by atoms with van der Waals surface area (Å²) in [5, 5.41) is 2.69. The number of pyridine rings is 1. The van der Waals surface area contributed by atoms with Crippen molar-refractivity contribution in [3.05, 3.63) is 78.5 Å². The second-order valence-electron chi connectivity index (χ2n) is 7.87. The number of carbonyl (C=O) groups is 1. The topological polar surface area (TPSA) is 50.2 Å². The maximum atomic E-state index is 13.7. The van der Waals surface area contributed by atoms with Gasteiger partial charge in [0.05, 0.1) is 5.69 Å². The molecule has 1 aliphatic heterocycles. The van der Waals surface area contributed by atoms with E-state index in [9.17, 15) is 9.18 Å². The van der Waals surface area contributed by atoms with Crippen LogP contribution in [0.2, 0.25) is 0 Å². The van der Waals surface area contributed by atoms with Crippen molar-refractivity contribution in [3.63, 3.8) is 0 Å². The number of halogens is 1. The number of benzene rings is 1. The molecule has 0 bridgehead atoms. The van der Waals surface area contributed by atoms with Gasteiger partial charge in [-0.2, -0.15) is 0 Å². The first-order chi connectivity index (χ1) is 14.7. The highest BCUT2D eigenvalue weighted by atomic mass is 19.1. The number of para-hydroxylation sites is 1. The molecule has 0 spiro atoms. The number of hydrogen-bond donors (Lipinski definition) is 1. The van der Waals surface area contributed by atoms with Crippen LogP contribution in [0, 0.1) is 11.7 Å². The lowest BCUT2D eigenvalue weighted by molar-refractivity contribution is -0.116. The molecule has 1 atom stereocenters. The third-order valence-corrected chi connectivity index (χ3v) is 5.65. The SMILES string of the molecule is O=C(CC[C@H]1CCCN(Cc2cccn2-c2ccccn2)C1)Nc1ccccc1F. The number of nitrogens with one attached hydrogen (secondary N) is 1. The molecule has 1 amide bonds. The molecule has 1 aromatic carbocycles. The van der Waals surface area contributed by atoms with Gasteiger partial charge in [-0.05, 0) is 68.1 Å². The van der Waals surface area contributed by atoms with Crippen molar-refractivity contribution in [2.75, 3.05) is 18.4 Å². The van der Waals surface area contributed by atoms with Crippen LogP contribution in [0.15, 0.2) is 67.0 Å². The largest absolute Gasteiger partial charge is 0.324 e. The lowest BCUT2D eigenvalue weighted by atomic mass is 9.93. The van der Waals surface area contributed by atoms with E-state index in [2.05, 4.69) is 31.9 Å². The maximum absolute atomic E-state index is 13.7. The molecule has 156 valence electrons. The number of hydrogen-bond acceptors (Lipinski definition) is 3. The molecule has 30 heavy (non-hydrogen) atoms. The van der Waals surface area contributed by atoms with Gasteiger partial charge in [0.15, 0.2) is 0 Å². The Morgan fingerprint density at radius 2 is 2.00 bits per heavy atom. The second-order valence-corrected chi connectivity index (χ2v) is 7.87. The summed E-state index contributed by atoms with van der Waals surface area (Å²) >= 11 is 0. The highest BCUT2D eigenvalue weighted by Gasteiger charge is 2.22. The predicted molar refractivity (Wildman–Crippen MR) is 116 cm³/mol. The molecule has 0 aliphatic carbocycles. The highest BCUT2D eigenvalue weighted by Crippen LogP contribution is 2.24. The molecule has 0 saturated carbocycles. The predicted octanol–water partition coefficient (Wildman–Crippen LogP) is 4.64. The number of piperidine rings is 1. The van der Waals surface area contributed by atoms with Crippen molar-refractivity contribution < 1.29 is 9.18 Å². The van der Waals surface area contributed by atoms with Gasteiger partial charge in [0, 0.05) is 37.6 Å². The summed E-state index contributed by atoms with van der Waals surface area (Å²) < 4.78 is 15.8. The molecule has 0 unspecified atom stereocenters. The number of likely N-dealkylation sites (tertiary alicyclic amines) is 1. The fraction of sp³-hybridized carbons (Fsp3) is 0.333. The van der Waals surface area contributed by atoms with Gasteiger partial charge in [0.25, 0.3) is 0 Å². The first-order valence-corrected chi connectivity index (χ1v) is 10.5. The normalized spacial score (nSPS) is 17.0. The number of rotatable bonds is 7. The molecule has 1 fully saturated rings. The Bertz CT molecular complexity index is 972. The highest BCUT2D eigenvalue weighted by molar-refractivity contribution is 5.90. The fourth-order valence-corrected chi connectivity index (χ4v) is 4.13. The zero-order chi connectivity index (χ0) is 20.8. The first-order valence-electron chi connectivity index (χ1n) is 10.5. The minimum atomic E-state index is -0.398. The number of anilines is 1. The number of aromatic nitrogens is 2. The third kappa shape index (κ3) is 5.13. The Morgan fingerprint density at radius 1 is 1.13 bits per heavy atom. The monoisotopic (exact) mass is 406 g/mol.